The number of aliphatic imine (C=N–C) groups is 2. The van der Waals surface area contributed by atoms with Gasteiger partial charge in [-0.1, -0.05) is 160 Å². The number of ketones is 3. The molecule has 2 aromatic carbocycles. The number of carboxylic acids is 1. The molecule has 3 aliphatic rings. The number of unbranched alkanes of at least 4 members (excludes halogenated alkanes) is 1. The molecule has 0 unspecified atom stereocenters. The molecule has 780 valence electrons. The summed E-state index contributed by atoms with van der Waals surface area (Å²) < 4.78 is 11.8. The van der Waals surface area contributed by atoms with Gasteiger partial charge in [-0.2, -0.15) is 5.43 Å². The Morgan fingerprint density at radius 1 is 0.633 bits per heavy atom. The van der Waals surface area contributed by atoms with Crippen molar-refractivity contribution in [2.24, 2.45) is 91.6 Å². The van der Waals surface area contributed by atoms with E-state index in [0.29, 0.717) is 72.6 Å². The summed E-state index contributed by atoms with van der Waals surface area (Å²) in [5.41, 5.74) is 25.6. The van der Waals surface area contributed by atoms with E-state index in [1.54, 1.807) is 51.8 Å². The van der Waals surface area contributed by atoms with Crippen molar-refractivity contribution in [3.05, 3.63) is 70.6 Å². The highest BCUT2D eigenvalue weighted by Gasteiger charge is 2.48. The monoisotopic (exact) mass is 1990 g/mol. The second kappa shape index (κ2) is 58.9. The largest absolute Gasteiger partial charge is 0.508 e. The quantitative estimate of drug-likeness (QED) is 0.00757. The summed E-state index contributed by atoms with van der Waals surface area (Å²) in [5, 5.41) is 42.6. The van der Waals surface area contributed by atoms with Crippen LogP contribution in [0.5, 0.6) is 5.75 Å². The third kappa shape index (κ3) is 37.6. The van der Waals surface area contributed by atoms with Gasteiger partial charge >= 0.3 is 12.1 Å². The Morgan fingerprint density at radius 2 is 1.22 bits per heavy atom. The number of nitroso groups, excluding NO2 is 1. The first-order valence-electron chi connectivity index (χ1n) is 49.4. The van der Waals surface area contributed by atoms with Gasteiger partial charge in [0.05, 0.1) is 72.0 Å². The Balaban J connectivity index is 1.12. The molecule has 2 aromatic rings. The predicted molar refractivity (Wildman–Crippen MR) is 536 cm³/mol. The van der Waals surface area contributed by atoms with E-state index in [1.165, 1.54) is 81.4 Å². The van der Waals surface area contributed by atoms with Crippen molar-refractivity contribution in [1.82, 2.24) is 56.1 Å². The maximum atomic E-state index is 15.1. The first-order valence-corrected chi connectivity index (χ1v) is 51.9. The van der Waals surface area contributed by atoms with Gasteiger partial charge in [-0.3, -0.25) is 72.3 Å². The van der Waals surface area contributed by atoms with E-state index in [0.717, 1.165) is 6.42 Å². The molecule has 3 aliphatic heterocycles. The number of Topliss-reactive ketones (excluding diaryl/α,β-unsaturated/α-hetero) is 3. The molecule has 16 N–H and O–H groups in total. The number of likely N-dealkylation sites (tertiary alicyclic amines) is 3. The second-order valence-electron chi connectivity index (χ2n) is 39.9. The van der Waals surface area contributed by atoms with Crippen LogP contribution in [0.1, 0.15) is 243 Å². The zero-order valence-corrected chi connectivity index (χ0v) is 87.1. The number of carbonyl (C=O) groups excluding carboxylic acids is 13. The van der Waals surface area contributed by atoms with Gasteiger partial charge in [-0.05, 0) is 162 Å². The molecular weight excluding hydrogens is 1830 g/mol. The fraction of sp³-hybridized carbons (Fsp3) is 0.717. The Labute approximate surface area is 829 Å². The van der Waals surface area contributed by atoms with Crippen LogP contribution in [0.15, 0.2) is 64.6 Å². The highest BCUT2D eigenvalue weighted by atomic mass is 33.1. The predicted octanol–water partition coefficient (Wildman–Crippen LogP) is 7.59. The molecule has 40 heteroatoms. The zero-order valence-electron chi connectivity index (χ0n) is 85.5. The first-order chi connectivity index (χ1) is 65.5. The fourth-order valence-electron chi connectivity index (χ4n) is 18.9. The number of aliphatic hydroxyl groups excluding tert-OH is 1. The Hall–Kier alpha value is -10.2. The normalized spacial score (nSPS) is 18.2. The number of guanidine groups is 2. The van der Waals surface area contributed by atoms with Gasteiger partial charge in [0, 0.05) is 117 Å². The molecule has 18 atom stereocenters. The topological polar surface area (TPSA) is 547 Å². The lowest BCUT2D eigenvalue weighted by molar-refractivity contribution is -0.603. The Morgan fingerprint density at radius 3 is 1.79 bits per heavy atom. The van der Waals surface area contributed by atoms with Crippen LogP contribution in [0, 0.1) is 63.6 Å². The third-order valence-corrected chi connectivity index (χ3v) is 29.5. The number of aromatic hydroxyl groups is 1. The molecule has 0 radical (unpaired) electrons. The van der Waals surface area contributed by atoms with Crippen LogP contribution in [0.2, 0.25) is 0 Å². The number of carboxylic acid groups (broad SMARTS) is 1. The number of hydrogen-bond donors (Lipinski definition) is 12. The number of amides is 10. The number of phenols is 1. The lowest BCUT2D eigenvalue weighted by Gasteiger charge is -2.41. The molecule has 0 spiro atoms. The number of nitrogens with two attached hydrogens (primary N) is 4. The van der Waals surface area contributed by atoms with Crippen molar-refractivity contribution in [1.29, 1.82) is 0 Å². The number of hydrogen-bond acceptors (Lipinski definition) is 23. The van der Waals surface area contributed by atoms with Gasteiger partial charge in [-0.15, -0.1) is 0 Å². The number of methoxy groups -OCH3 is 1. The van der Waals surface area contributed by atoms with E-state index in [1.807, 2.05) is 104 Å². The van der Waals surface area contributed by atoms with Gasteiger partial charge in [0.2, 0.25) is 59.7 Å². The SMILES string of the molecule is CC[C@H](C)[C@@H]([C@@H](CC(=O)N1CCC[C@H]1[C@H](C)[C@@H](C)C(=O)N[C@H](C)[C@@H](O)c1ccccc1)OC)N(C)C(=O)[C@@H](CC(=O)[C@H](C(C)C)N(C)C(=O)OCCSSCC[N+](=O)NCCCC[C@H](NC(C)=O)C(=O)N1CCC[C@H]1C(=O)N[C@@H](CC(C)C)C(=O)N1CCC[C@H]1C(=O)N(C)[C@@H](CCCN=C(N)N)C(=O)C[C@H](C(=O)N[C@@H](CCCN=C(N)N)C(=O)C[C@@H](Cc1ccc(O)cc1)C(=O)O)C(C)(C)C)C(C)C. The number of aliphatic carboxylic acids is 1. The summed E-state index contributed by atoms with van der Waals surface area (Å²) in [6, 6.07) is 6.01. The lowest BCUT2D eigenvalue weighted by atomic mass is 9.76. The van der Waals surface area contributed by atoms with E-state index in [9.17, 15) is 73.0 Å². The number of carbonyl (C=O) groups is 14. The van der Waals surface area contributed by atoms with Crippen molar-refractivity contribution < 1.29 is 96.8 Å². The fourth-order valence-corrected chi connectivity index (χ4v) is 20.7. The van der Waals surface area contributed by atoms with Crippen molar-refractivity contribution in [2.75, 3.05) is 92.2 Å². The number of benzene rings is 2. The maximum absolute atomic E-state index is 15.1. The minimum absolute atomic E-state index is 0.00323. The minimum atomic E-state index is -1.26. The average molecular weight is 1990 g/mol. The lowest BCUT2D eigenvalue weighted by Crippen LogP contribution is -2.58. The van der Waals surface area contributed by atoms with E-state index >= 15 is 14.4 Å². The summed E-state index contributed by atoms with van der Waals surface area (Å²) in [5.74, 6) is -11.2. The molecule has 38 nitrogen and oxygen atoms in total. The Kier molecular flexibility index (Phi) is 50.5. The summed E-state index contributed by atoms with van der Waals surface area (Å²) in [7, 11) is 8.95. The Bertz CT molecular complexity index is 4420. The van der Waals surface area contributed by atoms with E-state index in [-0.39, 0.29) is 193 Å². The average Bonchev–Trinajstić information content (AvgIpc) is 1.77. The second-order valence-corrected chi connectivity index (χ2v) is 42.6. The van der Waals surface area contributed by atoms with Crippen molar-refractivity contribution >= 4 is 116 Å². The molecule has 0 aliphatic carbocycles. The molecule has 10 amide bonds. The van der Waals surface area contributed by atoms with Gasteiger partial charge in [-0.25, -0.2) is 4.79 Å². The number of likely N-dealkylation sites (N-methyl/N-ethyl adjacent to an activating group) is 3. The molecule has 3 fully saturated rings. The summed E-state index contributed by atoms with van der Waals surface area (Å²) >= 11 is 0. The molecule has 0 bridgehead atoms. The van der Waals surface area contributed by atoms with Crippen LogP contribution in [-0.2, 0) is 78.2 Å². The van der Waals surface area contributed by atoms with Crippen LogP contribution in [0.25, 0.3) is 0 Å². The number of nitrogens with one attached hydrogen (secondary N) is 5. The summed E-state index contributed by atoms with van der Waals surface area (Å²) in [6.45, 7) is 28.5. The van der Waals surface area contributed by atoms with E-state index in [4.69, 9.17) is 32.4 Å². The van der Waals surface area contributed by atoms with Crippen molar-refractivity contribution in [2.45, 2.75) is 305 Å². The highest BCUT2D eigenvalue weighted by molar-refractivity contribution is 8.76. The molecule has 0 saturated carbocycles. The van der Waals surface area contributed by atoms with Crippen molar-refractivity contribution in [3.8, 4) is 5.75 Å². The molecule has 0 aromatic heterocycles. The summed E-state index contributed by atoms with van der Waals surface area (Å²) in [6.07, 6.45) is 1.45. The number of ether oxygens (including phenoxy) is 2. The van der Waals surface area contributed by atoms with Crippen LogP contribution >= 0.6 is 21.6 Å². The smallest absolute Gasteiger partial charge is 0.410 e. The number of hydrazine groups is 1. The van der Waals surface area contributed by atoms with Gasteiger partial charge < -0.3 is 98.4 Å². The van der Waals surface area contributed by atoms with Crippen LogP contribution in [0.3, 0.4) is 0 Å². The number of aliphatic hydroxyl groups is 1. The van der Waals surface area contributed by atoms with Gasteiger partial charge in [0.25, 0.3) is 0 Å². The molecule has 139 heavy (non-hydrogen) atoms. The van der Waals surface area contributed by atoms with Crippen molar-refractivity contribution in [3.63, 3.8) is 0 Å². The van der Waals surface area contributed by atoms with Crippen LogP contribution in [-0.4, -0.2) is 303 Å². The van der Waals surface area contributed by atoms with Crippen LogP contribution in [0.4, 0.5) is 4.79 Å². The van der Waals surface area contributed by atoms with E-state index < -0.39 is 168 Å². The van der Waals surface area contributed by atoms with Crippen LogP contribution < -0.4 is 49.6 Å². The minimum Gasteiger partial charge on any atom is -0.508 e. The van der Waals surface area contributed by atoms with Gasteiger partial charge in [0.1, 0.15) is 41.4 Å². The number of rotatable bonds is 61. The molecular formula is C99H163N18O20S2+. The molecule has 3 saturated heterocycles. The highest BCUT2D eigenvalue weighted by Crippen LogP contribution is 2.37. The van der Waals surface area contributed by atoms with E-state index in [2.05, 4.69) is 36.7 Å². The number of nitrogens with zero attached hydrogens (tertiary/aromatic N) is 9. The molecule has 5 rings (SSSR count). The number of phenolic OH excluding ortho intramolecular Hbond substituents is 1. The maximum Gasteiger partial charge on any atom is 0.410 e. The summed E-state index contributed by atoms with van der Waals surface area (Å²) in [4.78, 5) is 230. The third-order valence-electron chi connectivity index (χ3n) is 27.2. The first kappa shape index (κ1) is 119. The zero-order chi connectivity index (χ0) is 104. The standard InChI is InChI=1S/C99H162N18O20S2/c1-20-62(8)86(83(136-19)58-84(123)114-46-28-36-76(114)63(9)64(10)88(125)107-65(11)87(124)68-31-22-21-23-32-68)112(17)91(128)71(60(4)5)56-82(122)85(61(6)7)113(18)98(134)137-50-52-139-138-51-49-117(135)106-45-25-24-33-74(108-66(12)118)92(129)115-47-29-37-78(115)90(127)110-75(53-59(2)3)93(130)116-48-30-38-79(116)94(131)111(16)77(35-27-44-105-97(102)103)81(121)57-72(99(13,14)15)89(126)109-73(34-26-43-104-96(100)101)80(120)55-69(95(132)133)54-67-39-41-70(119)42-40-67/h21-23,31-32,39-42,59-65,69,71-79,83,85-87,124H,20,24-30,33-38,43-58H2,1-19H3,(H14-,100,101,102,103,104,105,106,107,108,109,110,118,119,125,126,127,132,133,135)/p+1/t62-,63+,64+,65+,69+,71-,72+,73-,74-,75-,76-,77-,78-,79-,83+,85-,86-,87+/m0/s1. The molecule has 3 heterocycles. The van der Waals surface area contributed by atoms with Gasteiger partial charge in [0.15, 0.2) is 29.3 Å².